The van der Waals surface area contributed by atoms with E-state index in [1.807, 2.05) is 0 Å². The van der Waals surface area contributed by atoms with E-state index in [9.17, 15) is 22.8 Å². The first-order valence-corrected chi connectivity index (χ1v) is 9.92. The average molecular weight is 484 g/mol. The molecule has 0 saturated carbocycles. The normalized spacial score (nSPS) is 11.8. The van der Waals surface area contributed by atoms with Crippen molar-refractivity contribution in [1.29, 1.82) is 0 Å². The summed E-state index contributed by atoms with van der Waals surface area (Å²) in [4.78, 5) is 28.5. The largest absolute Gasteiger partial charge is 0.435 e. The van der Waals surface area contributed by atoms with E-state index in [2.05, 4.69) is 20.5 Å². The average Bonchev–Trinajstić information content (AvgIpc) is 3.24. The van der Waals surface area contributed by atoms with Crippen LogP contribution in [0.2, 0.25) is 10.0 Å². The fraction of sp³-hybridized carbons (Fsp3) is 0.150. The summed E-state index contributed by atoms with van der Waals surface area (Å²) in [5, 5.41) is 7.64. The molecule has 1 amide bonds. The van der Waals surface area contributed by atoms with Crippen LogP contribution in [0.5, 0.6) is 0 Å². The zero-order valence-electron chi connectivity index (χ0n) is 16.3. The van der Waals surface area contributed by atoms with Gasteiger partial charge in [0.15, 0.2) is 11.3 Å². The number of hydrogen-bond acceptors (Lipinski definition) is 3. The van der Waals surface area contributed by atoms with Gasteiger partial charge in [-0.1, -0.05) is 29.3 Å². The molecule has 0 spiro atoms. The highest BCUT2D eigenvalue weighted by atomic mass is 35.5. The van der Waals surface area contributed by atoms with Gasteiger partial charge in [0.1, 0.15) is 0 Å². The molecule has 0 aliphatic rings. The second-order valence-electron chi connectivity index (χ2n) is 6.93. The Balaban J connectivity index is 1.84. The first kappa shape index (κ1) is 22.0. The van der Waals surface area contributed by atoms with E-state index in [0.29, 0.717) is 5.69 Å². The molecule has 3 heterocycles. The second-order valence-corrected chi connectivity index (χ2v) is 7.74. The molecule has 0 aliphatic heterocycles. The predicted octanol–water partition coefficient (Wildman–Crippen LogP) is 4.83. The minimum Gasteiger partial charge on any atom is -0.319 e. The van der Waals surface area contributed by atoms with Crippen molar-refractivity contribution in [2.45, 2.75) is 19.5 Å². The molecule has 12 heteroatoms. The number of anilines is 1. The van der Waals surface area contributed by atoms with Gasteiger partial charge in [-0.3, -0.25) is 14.7 Å². The number of carbonyl (C=O) groups is 1. The summed E-state index contributed by atoms with van der Waals surface area (Å²) >= 11 is 12.1. The Hall–Kier alpha value is -3.24. The number of amides is 1. The maximum Gasteiger partial charge on any atom is 0.435 e. The SMILES string of the molecule is Cc1[nH][nH]c(=O)c1Cc1c(C(F)(F)F)nc2c(NC(=O)c3c(Cl)cccc3Cl)cccn12. The molecule has 0 unspecified atom stereocenters. The van der Waals surface area contributed by atoms with Gasteiger partial charge >= 0.3 is 6.18 Å². The summed E-state index contributed by atoms with van der Waals surface area (Å²) in [5.74, 6) is -0.704. The van der Waals surface area contributed by atoms with Crippen molar-refractivity contribution in [1.82, 2.24) is 19.6 Å². The van der Waals surface area contributed by atoms with E-state index in [-0.39, 0.29) is 44.6 Å². The first-order chi connectivity index (χ1) is 15.1. The van der Waals surface area contributed by atoms with Gasteiger partial charge < -0.3 is 14.8 Å². The van der Waals surface area contributed by atoms with Crippen LogP contribution in [0.15, 0.2) is 41.3 Å². The van der Waals surface area contributed by atoms with Crippen molar-refractivity contribution in [3.8, 4) is 0 Å². The molecule has 4 aromatic rings. The Labute approximate surface area is 188 Å². The minimum absolute atomic E-state index is 0.0184. The molecule has 0 fully saturated rings. The standard InChI is InChI=1S/C20H14Cl2F3N5O2/c1-9-10(18(31)29-28-9)8-14-16(20(23,24)25)27-17-13(6-3-7-30(14)17)26-19(32)15-11(21)4-2-5-12(15)22/h2-7H,8H2,1H3,(H,26,32)(H2,28,29,31). The van der Waals surface area contributed by atoms with Gasteiger partial charge in [0.2, 0.25) is 0 Å². The minimum atomic E-state index is -4.79. The molecule has 7 nitrogen and oxygen atoms in total. The summed E-state index contributed by atoms with van der Waals surface area (Å²) in [6.45, 7) is 1.57. The number of aromatic amines is 2. The number of aryl methyl sites for hydroxylation is 1. The summed E-state index contributed by atoms with van der Waals surface area (Å²) in [6.07, 6.45) is -3.73. The second kappa shape index (κ2) is 8.03. The Bertz CT molecular complexity index is 1380. The highest BCUT2D eigenvalue weighted by Crippen LogP contribution is 2.35. The number of nitrogens with zero attached hydrogens (tertiary/aromatic N) is 2. The molecule has 32 heavy (non-hydrogen) atoms. The number of fused-ring (bicyclic) bond motifs is 1. The Morgan fingerprint density at radius 2 is 1.84 bits per heavy atom. The molecule has 3 N–H and O–H groups in total. The lowest BCUT2D eigenvalue weighted by molar-refractivity contribution is -0.141. The van der Waals surface area contributed by atoms with Gasteiger partial charge in [-0.2, -0.15) is 13.2 Å². The van der Waals surface area contributed by atoms with Gasteiger partial charge in [-0.25, -0.2) is 4.98 Å². The van der Waals surface area contributed by atoms with Crippen molar-refractivity contribution in [2.75, 3.05) is 5.32 Å². The zero-order valence-corrected chi connectivity index (χ0v) is 17.8. The van der Waals surface area contributed by atoms with E-state index in [0.717, 1.165) is 0 Å². The van der Waals surface area contributed by atoms with Crippen LogP contribution in [-0.2, 0) is 12.6 Å². The fourth-order valence-electron chi connectivity index (χ4n) is 3.36. The van der Waals surface area contributed by atoms with Crippen molar-refractivity contribution >= 4 is 40.4 Å². The summed E-state index contributed by atoms with van der Waals surface area (Å²) < 4.78 is 42.6. The van der Waals surface area contributed by atoms with Gasteiger partial charge in [-0.15, -0.1) is 0 Å². The Kier molecular flexibility index (Phi) is 5.51. The number of imidazole rings is 1. The van der Waals surface area contributed by atoms with Crippen LogP contribution < -0.4 is 10.9 Å². The van der Waals surface area contributed by atoms with Gasteiger partial charge in [0.05, 0.1) is 27.0 Å². The summed E-state index contributed by atoms with van der Waals surface area (Å²) in [6, 6.07) is 7.35. The van der Waals surface area contributed by atoms with Crippen molar-refractivity contribution in [3.63, 3.8) is 0 Å². The lowest BCUT2D eigenvalue weighted by Gasteiger charge is -2.10. The molecular formula is C20H14Cl2F3N5O2. The maximum absolute atomic E-state index is 13.8. The third kappa shape index (κ3) is 3.87. The van der Waals surface area contributed by atoms with E-state index in [1.165, 1.54) is 34.9 Å². The van der Waals surface area contributed by atoms with Crippen LogP contribution >= 0.6 is 23.2 Å². The zero-order chi connectivity index (χ0) is 23.2. The van der Waals surface area contributed by atoms with Crippen LogP contribution in [-0.4, -0.2) is 25.5 Å². The molecule has 0 saturated heterocycles. The third-order valence-electron chi connectivity index (χ3n) is 4.89. The highest BCUT2D eigenvalue weighted by molar-refractivity contribution is 6.40. The number of benzene rings is 1. The number of rotatable bonds is 4. The van der Waals surface area contributed by atoms with Crippen LogP contribution in [0, 0.1) is 6.92 Å². The Morgan fingerprint density at radius 1 is 1.16 bits per heavy atom. The number of aromatic nitrogens is 4. The first-order valence-electron chi connectivity index (χ1n) is 9.16. The molecule has 0 aliphatic carbocycles. The highest BCUT2D eigenvalue weighted by Gasteiger charge is 2.38. The molecule has 1 aromatic carbocycles. The van der Waals surface area contributed by atoms with Crippen molar-refractivity contribution in [3.05, 3.63) is 85.1 Å². The van der Waals surface area contributed by atoms with Gasteiger partial charge in [0.25, 0.3) is 11.5 Å². The van der Waals surface area contributed by atoms with E-state index < -0.39 is 23.3 Å². The number of alkyl halides is 3. The molecule has 0 bridgehead atoms. The molecular weight excluding hydrogens is 470 g/mol. The van der Waals surface area contributed by atoms with Crippen LogP contribution in [0.1, 0.15) is 33.0 Å². The van der Waals surface area contributed by atoms with E-state index >= 15 is 0 Å². The summed E-state index contributed by atoms with van der Waals surface area (Å²) in [7, 11) is 0. The monoisotopic (exact) mass is 483 g/mol. The number of H-pyrrole nitrogens is 2. The quantitative estimate of drug-likeness (QED) is 0.388. The number of carbonyl (C=O) groups excluding carboxylic acids is 1. The predicted molar refractivity (Wildman–Crippen MR) is 114 cm³/mol. The lowest BCUT2D eigenvalue weighted by Crippen LogP contribution is -2.14. The van der Waals surface area contributed by atoms with E-state index in [1.54, 1.807) is 13.0 Å². The topological polar surface area (TPSA) is 95.0 Å². The van der Waals surface area contributed by atoms with Crippen LogP contribution in [0.3, 0.4) is 0 Å². The fourth-order valence-corrected chi connectivity index (χ4v) is 3.93. The number of nitrogens with one attached hydrogen (secondary N) is 3. The molecule has 3 aromatic heterocycles. The van der Waals surface area contributed by atoms with Crippen molar-refractivity contribution < 1.29 is 18.0 Å². The number of pyridine rings is 1. The van der Waals surface area contributed by atoms with Crippen molar-refractivity contribution in [2.24, 2.45) is 0 Å². The molecule has 4 rings (SSSR count). The molecule has 166 valence electrons. The maximum atomic E-state index is 13.8. The van der Waals surface area contributed by atoms with Gasteiger partial charge in [-0.05, 0) is 31.2 Å². The smallest absolute Gasteiger partial charge is 0.319 e. The Morgan fingerprint density at radius 3 is 2.44 bits per heavy atom. The van der Waals surface area contributed by atoms with Crippen LogP contribution in [0.25, 0.3) is 5.65 Å². The van der Waals surface area contributed by atoms with E-state index in [4.69, 9.17) is 23.2 Å². The number of hydrogen-bond donors (Lipinski definition) is 3. The third-order valence-corrected chi connectivity index (χ3v) is 5.52. The van der Waals surface area contributed by atoms with Gasteiger partial charge in [0, 0.05) is 23.9 Å². The molecule has 0 radical (unpaired) electrons. The summed E-state index contributed by atoms with van der Waals surface area (Å²) in [5.41, 5.74) is -1.51. The van der Waals surface area contributed by atoms with Crippen LogP contribution in [0.4, 0.5) is 18.9 Å². The molecule has 0 atom stereocenters. The number of halogens is 5. The lowest BCUT2D eigenvalue weighted by atomic mass is 10.1.